The van der Waals surface area contributed by atoms with E-state index in [9.17, 15) is 4.79 Å². The smallest absolute Gasteiger partial charge is 0.322 e. The van der Waals surface area contributed by atoms with Gasteiger partial charge in [0, 0.05) is 58.4 Å². The van der Waals surface area contributed by atoms with Crippen LogP contribution in [0.2, 0.25) is 5.02 Å². The number of piperazine rings is 2. The fourth-order valence-electron chi connectivity index (χ4n) is 3.95. The van der Waals surface area contributed by atoms with Crippen LogP contribution in [-0.2, 0) is 0 Å². The monoisotopic (exact) mass is 443 g/mol. The Morgan fingerprint density at radius 3 is 2.06 bits per heavy atom. The Morgan fingerprint density at radius 2 is 1.48 bits per heavy atom. The van der Waals surface area contributed by atoms with E-state index in [0.29, 0.717) is 23.8 Å². The SMILES string of the molecule is Cc1ccc(NC(=O)N2CCN(c3cc(N4CCN(C)CC4)nc(C)n3)CC2)c(Cl)c1. The normalized spacial score (nSPS) is 17.7. The number of aryl methyl sites for hydroxylation is 2. The average Bonchev–Trinajstić information content (AvgIpc) is 2.76. The Morgan fingerprint density at radius 1 is 0.903 bits per heavy atom. The Bertz CT molecular complexity index is 937. The molecular weight excluding hydrogens is 414 g/mol. The molecule has 0 unspecified atom stereocenters. The molecule has 9 heteroatoms. The van der Waals surface area contributed by atoms with Gasteiger partial charge in [-0.15, -0.1) is 0 Å². The maximum absolute atomic E-state index is 12.7. The highest BCUT2D eigenvalue weighted by molar-refractivity contribution is 6.33. The van der Waals surface area contributed by atoms with Crippen LogP contribution in [0.5, 0.6) is 0 Å². The van der Waals surface area contributed by atoms with Crippen molar-refractivity contribution in [1.29, 1.82) is 0 Å². The van der Waals surface area contributed by atoms with E-state index in [2.05, 4.69) is 43.1 Å². The lowest BCUT2D eigenvalue weighted by Crippen LogP contribution is -2.50. The summed E-state index contributed by atoms with van der Waals surface area (Å²) in [5.74, 6) is 2.70. The quantitative estimate of drug-likeness (QED) is 0.786. The van der Waals surface area contributed by atoms with Crippen LogP contribution < -0.4 is 15.1 Å². The molecule has 3 heterocycles. The molecular formula is C22H30ClN7O. The fourth-order valence-corrected chi connectivity index (χ4v) is 4.23. The van der Waals surface area contributed by atoms with Crippen molar-refractivity contribution < 1.29 is 4.79 Å². The summed E-state index contributed by atoms with van der Waals surface area (Å²) in [7, 11) is 2.15. The molecule has 0 aliphatic carbocycles. The third-order valence-electron chi connectivity index (χ3n) is 5.90. The highest BCUT2D eigenvalue weighted by Crippen LogP contribution is 2.24. The Hall–Kier alpha value is -2.58. The van der Waals surface area contributed by atoms with Gasteiger partial charge in [0.15, 0.2) is 0 Å². The highest BCUT2D eigenvalue weighted by atomic mass is 35.5. The van der Waals surface area contributed by atoms with Crippen LogP contribution in [0.3, 0.4) is 0 Å². The van der Waals surface area contributed by atoms with E-state index >= 15 is 0 Å². The van der Waals surface area contributed by atoms with Gasteiger partial charge in [0.2, 0.25) is 0 Å². The number of anilines is 3. The standard InChI is InChI=1S/C22H30ClN7O/c1-16-4-5-19(18(23)14-16)26-22(31)30-12-10-29(11-13-30)21-15-20(24-17(2)25-21)28-8-6-27(3)7-9-28/h4-5,14-15H,6-13H2,1-3H3,(H,26,31). The number of nitrogens with zero attached hydrogens (tertiary/aromatic N) is 6. The van der Waals surface area contributed by atoms with Crippen molar-refractivity contribution in [2.75, 3.05) is 74.5 Å². The fraction of sp³-hybridized carbons (Fsp3) is 0.500. The molecule has 4 rings (SSSR count). The number of hydrogen-bond acceptors (Lipinski definition) is 6. The van der Waals surface area contributed by atoms with Crippen LogP contribution in [-0.4, -0.2) is 85.2 Å². The van der Waals surface area contributed by atoms with E-state index in [1.165, 1.54) is 0 Å². The second kappa shape index (κ2) is 9.28. The van der Waals surface area contributed by atoms with E-state index < -0.39 is 0 Å². The van der Waals surface area contributed by atoms with Crippen LogP contribution >= 0.6 is 11.6 Å². The van der Waals surface area contributed by atoms with E-state index in [-0.39, 0.29) is 6.03 Å². The van der Waals surface area contributed by atoms with E-state index in [0.717, 1.165) is 62.3 Å². The van der Waals surface area contributed by atoms with E-state index in [1.54, 1.807) is 0 Å². The molecule has 2 fully saturated rings. The summed E-state index contributed by atoms with van der Waals surface area (Å²) in [5, 5.41) is 3.48. The number of halogens is 1. The molecule has 31 heavy (non-hydrogen) atoms. The summed E-state index contributed by atoms with van der Waals surface area (Å²) in [4.78, 5) is 30.7. The highest BCUT2D eigenvalue weighted by Gasteiger charge is 2.24. The molecule has 2 aliphatic rings. The first kappa shape index (κ1) is 21.6. The zero-order chi connectivity index (χ0) is 22.0. The van der Waals surface area contributed by atoms with Gasteiger partial charge in [-0.2, -0.15) is 0 Å². The van der Waals surface area contributed by atoms with Gasteiger partial charge < -0.3 is 24.9 Å². The Balaban J connectivity index is 1.37. The minimum atomic E-state index is -0.123. The number of likely N-dealkylation sites (N-methyl/N-ethyl adjacent to an activating group) is 1. The Labute approximate surface area is 188 Å². The van der Waals surface area contributed by atoms with E-state index in [4.69, 9.17) is 11.6 Å². The molecule has 0 saturated carbocycles. The van der Waals surface area contributed by atoms with Crippen molar-refractivity contribution in [3.05, 3.63) is 40.7 Å². The molecule has 2 aliphatic heterocycles. The molecule has 0 atom stereocenters. The van der Waals surface area contributed by atoms with Crippen LogP contribution in [0, 0.1) is 13.8 Å². The molecule has 0 spiro atoms. The minimum Gasteiger partial charge on any atom is -0.354 e. The van der Waals surface area contributed by atoms with Crippen molar-refractivity contribution in [3.63, 3.8) is 0 Å². The third kappa shape index (κ3) is 5.19. The van der Waals surface area contributed by atoms with E-state index in [1.807, 2.05) is 36.9 Å². The Kier molecular flexibility index (Phi) is 6.48. The summed E-state index contributed by atoms with van der Waals surface area (Å²) in [5.41, 5.74) is 1.70. The lowest BCUT2D eigenvalue weighted by Gasteiger charge is -2.36. The van der Waals surface area contributed by atoms with Gasteiger partial charge in [0.25, 0.3) is 0 Å². The van der Waals surface area contributed by atoms with Gasteiger partial charge in [-0.25, -0.2) is 14.8 Å². The predicted octanol–water partition coefficient (Wildman–Crippen LogP) is 2.85. The molecule has 8 nitrogen and oxygen atoms in total. The van der Waals surface area contributed by atoms with Crippen molar-refractivity contribution in [1.82, 2.24) is 19.8 Å². The lowest BCUT2D eigenvalue weighted by atomic mass is 10.2. The molecule has 2 amide bonds. The lowest BCUT2D eigenvalue weighted by molar-refractivity contribution is 0.208. The number of benzene rings is 1. The molecule has 2 saturated heterocycles. The minimum absolute atomic E-state index is 0.123. The number of carbonyl (C=O) groups excluding carboxylic acids is 1. The van der Waals surface area contributed by atoms with Gasteiger partial charge >= 0.3 is 6.03 Å². The number of aromatic nitrogens is 2. The first-order valence-electron chi connectivity index (χ1n) is 10.8. The van der Waals surface area contributed by atoms with Crippen molar-refractivity contribution in [2.45, 2.75) is 13.8 Å². The number of nitrogens with one attached hydrogen (secondary N) is 1. The maximum atomic E-state index is 12.7. The van der Waals surface area contributed by atoms with Gasteiger partial charge in [-0.3, -0.25) is 0 Å². The summed E-state index contributed by atoms with van der Waals surface area (Å²) in [6, 6.07) is 7.59. The van der Waals surface area contributed by atoms with Crippen molar-refractivity contribution >= 4 is 35.0 Å². The molecule has 1 aromatic heterocycles. The first-order chi connectivity index (χ1) is 14.9. The summed E-state index contributed by atoms with van der Waals surface area (Å²) >= 11 is 6.26. The van der Waals surface area contributed by atoms with Gasteiger partial charge in [-0.1, -0.05) is 17.7 Å². The van der Waals surface area contributed by atoms with Gasteiger partial charge in [0.1, 0.15) is 17.5 Å². The maximum Gasteiger partial charge on any atom is 0.322 e. The van der Waals surface area contributed by atoms with Crippen molar-refractivity contribution in [3.8, 4) is 0 Å². The third-order valence-corrected chi connectivity index (χ3v) is 6.21. The van der Waals surface area contributed by atoms with Crippen molar-refractivity contribution in [2.24, 2.45) is 0 Å². The van der Waals surface area contributed by atoms with Crippen LogP contribution in [0.1, 0.15) is 11.4 Å². The molecule has 0 bridgehead atoms. The van der Waals surface area contributed by atoms with Crippen LogP contribution in [0.25, 0.3) is 0 Å². The average molecular weight is 444 g/mol. The summed E-state index contributed by atoms with van der Waals surface area (Å²) in [6.07, 6.45) is 0. The largest absolute Gasteiger partial charge is 0.354 e. The van der Waals surface area contributed by atoms with Crippen LogP contribution in [0.4, 0.5) is 22.1 Å². The second-order valence-electron chi connectivity index (χ2n) is 8.31. The molecule has 0 radical (unpaired) electrons. The first-order valence-corrected chi connectivity index (χ1v) is 11.1. The van der Waals surface area contributed by atoms with Gasteiger partial charge in [0.05, 0.1) is 10.7 Å². The zero-order valence-corrected chi connectivity index (χ0v) is 19.2. The zero-order valence-electron chi connectivity index (χ0n) is 18.4. The summed E-state index contributed by atoms with van der Waals surface area (Å²) < 4.78 is 0. The number of amides is 2. The topological polar surface area (TPSA) is 67.8 Å². The number of urea groups is 1. The summed E-state index contributed by atoms with van der Waals surface area (Å²) in [6.45, 7) is 10.7. The molecule has 166 valence electrons. The number of hydrogen-bond donors (Lipinski definition) is 1. The molecule has 1 N–H and O–H groups in total. The predicted molar refractivity (Wildman–Crippen MR) is 125 cm³/mol. The second-order valence-corrected chi connectivity index (χ2v) is 8.72. The molecule has 1 aromatic carbocycles. The van der Waals surface area contributed by atoms with Crippen LogP contribution in [0.15, 0.2) is 24.3 Å². The number of carbonyl (C=O) groups is 1. The van der Waals surface area contributed by atoms with Gasteiger partial charge in [-0.05, 0) is 38.6 Å². The molecule has 2 aromatic rings. The number of rotatable bonds is 3.